The number of nitrogens with zero attached hydrogens (tertiary/aromatic N) is 1. The number of hydrogen-bond donors (Lipinski definition) is 0. The predicted molar refractivity (Wildman–Crippen MR) is 74.0 cm³/mol. The minimum absolute atomic E-state index is 0.666. The van der Waals surface area contributed by atoms with Crippen molar-refractivity contribution in [3.05, 3.63) is 53.6 Å². The van der Waals surface area contributed by atoms with Crippen molar-refractivity contribution in [1.29, 1.82) is 0 Å². The van der Waals surface area contributed by atoms with Crippen molar-refractivity contribution in [2.45, 2.75) is 0 Å². The fourth-order valence-corrected chi connectivity index (χ4v) is 2.51. The Balaban J connectivity index is 2.28. The van der Waals surface area contributed by atoms with Gasteiger partial charge in [0.1, 0.15) is 11.1 Å². The topological polar surface area (TPSA) is 26.0 Å². The van der Waals surface area contributed by atoms with Gasteiger partial charge in [0.15, 0.2) is 5.58 Å². The number of hydrogen-bond acceptors (Lipinski definition) is 2. The molecular formula is C15H8ClNO. The van der Waals surface area contributed by atoms with Crippen LogP contribution in [0.15, 0.2) is 52.9 Å². The molecule has 2 aromatic heterocycles. The molecule has 3 heteroatoms. The third-order valence-corrected chi connectivity index (χ3v) is 3.43. The largest absolute Gasteiger partial charge is 0.454 e. The summed E-state index contributed by atoms with van der Waals surface area (Å²) in [5.41, 5.74) is 3.34. The summed E-state index contributed by atoms with van der Waals surface area (Å²) < 4.78 is 5.79. The number of para-hydroxylation sites is 2. The highest BCUT2D eigenvalue weighted by Gasteiger charge is 2.10. The van der Waals surface area contributed by atoms with Gasteiger partial charge in [-0.05, 0) is 24.3 Å². The second-order valence-corrected chi connectivity index (χ2v) is 4.65. The number of benzene rings is 2. The maximum absolute atomic E-state index is 6.18. The van der Waals surface area contributed by atoms with Crippen molar-refractivity contribution < 1.29 is 4.42 Å². The van der Waals surface area contributed by atoms with Gasteiger partial charge in [-0.25, -0.2) is 4.98 Å². The zero-order chi connectivity index (χ0) is 12.1. The summed E-state index contributed by atoms with van der Waals surface area (Å²) in [7, 11) is 0. The number of pyridine rings is 1. The summed E-state index contributed by atoms with van der Waals surface area (Å²) in [6.07, 6.45) is 0. The molecule has 0 aliphatic rings. The van der Waals surface area contributed by atoms with Crippen LogP contribution in [0.5, 0.6) is 0 Å². The van der Waals surface area contributed by atoms with Gasteiger partial charge in [-0.1, -0.05) is 35.9 Å². The zero-order valence-electron chi connectivity index (χ0n) is 9.35. The lowest BCUT2D eigenvalue weighted by Gasteiger charge is -1.98. The van der Waals surface area contributed by atoms with Gasteiger partial charge in [0.2, 0.25) is 0 Å². The van der Waals surface area contributed by atoms with E-state index in [1.807, 2.05) is 48.5 Å². The van der Waals surface area contributed by atoms with E-state index in [1.54, 1.807) is 0 Å². The molecule has 18 heavy (non-hydrogen) atoms. The first kappa shape index (κ1) is 9.92. The van der Waals surface area contributed by atoms with E-state index < -0.39 is 0 Å². The number of rotatable bonds is 0. The van der Waals surface area contributed by atoms with Gasteiger partial charge in [-0.2, -0.15) is 0 Å². The van der Waals surface area contributed by atoms with Gasteiger partial charge in [0.25, 0.3) is 0 Å². The van der Waals surface area contributed by atoms with E-state index in [0.29, 0.717) is 5.02 Å². The Kier molecular flexibility index (Phi) is 1.91. The molecule has 0 saturated heterocycles. The number of fused-ring (bicyclic) bond motifs is 4. The monoisotopic (exact) mass is 253 g/mol. The standard InChI is InChI=1S/C15H8ClNO/c16-11-6-3-4-9-8-13-15(17-14(9)11)10-5-1-2-7-12(10)18-13/h1-8H. The zero-order valence-corrected chi connectivity index (χ0v) is 10.1. The summed E-state index contributed by atoms with van der Waals surface area (Å²) in [6, 6.07) is 15.6. The average molecular weight is 254 g/mol. The normalized spacial score (nSPS) is 11.6. The van der Waals surface area contributed by atoms with Crippen LogP contribution in [-0.2, 0) is 0 Å². The van der Waals surface area contributed by atoms with E-state index in [0.717, 1.165) is 33.0 Å². The SMILES string of the molecule is Clc1cccc2cc3oc4ccccc4c3nc12. The first-order valence-corrected chi connectivity index (χ1v) is 6.07. The molecule has 0 radical (unpaired) electrons. The van der Waals surface area contributed by atoms with Crippen molar-refractivity contribution in [3.63, 3.8) is 0 Å². The maximum Gasteiger partial charge on any atom is 0.154 e. The van der Waals surface area contributed by atoms with Gasteiger partial charge >= 0.3 is 0 Å². The Morgan fingerprint density at radius 3 is 2.72 bits per heavy atom. The molecule has 0 amide bonds. The van der Waals surface area contributed by atoms with E-state index in [-0.39, 0.29) is 0 Å². The Bertz CT molecular complexity index is 895. The van der Waals surface area contributed by atoms with Gasteiger partial charge in [-0.3, -0.25) is 0 Å². The number of halogens is 1. The molecule has 0 unspecified atom stereocenters. The van der Waals surface area contributed by atoms with Crippen LogP contribution in [0.3, 0.4) is 0 Å². The maximum atomic E-state index is 6.18. The molecule has 0 spiro atoms. The van der Waals surface area contributed by atoms with Crippen LogP contribution in [-0.4, -0.2) is 4.98 Å². The lowest BCUT2D eigenvalue weighted by Crippen LogP contribution is -1.80. The minimum Gasteiger partial charge on any atom is -0.454 e. The van der Waals surface area contributed by atoms with E-state index in [1.165, 1.54) is 0 Å². The van der Waals surface area contributed by atoms with Crippen LogP contribution in [0, 0.1) is 0 Å². The fraction of sp³-hybridized carbons (Fsp3) is 0. The summed E-state index contributed by atoms with van der Waals surface area (Å²) in [4.78, 5) is 4.64. The summed E-state index contributed by atoms with van der Waals surface area (Å²) >= 11 is 6.18. The van der Waals surface area contributed by atoms with Crippen molar-refractivity contribution in [1.82, 2.24) is 4.98 Å². The Hall–Kier alpha value is -2.06. The highest BCUT2D eigenvalue weighted by molar-refractivity contribution is 6.35. The Morgan fingerprint density at radius 1 is 0.889 bits per heavy atom. The molecule has 86 valence electrons. The molecule has 0 atom stereocenters. The summed E-state index contributed by atoms with van der Waals surface area (Å²) in [5.74, 6) is 0. The van der Waals surface area contributed by atoms with Gasteiger partial charge in [0, 0.05) is 10.8 Å². The first-order valence-electron chi connectivity index (χ1n) is 5.69. The van der Waals surface area contributed by atoms with Crippen molar-refractivity contribution in [2.24, 2.45) is 0 Å². The highest BCUT2D eigenvalue weighted by atomic mass is 35.5. The quantitative estimate of drug-likeness (QED) is 0.450. The molecule has 2 aromatic carbocycles. The highest BCUT2D eigenvalue weighted by Crippen LogP contribution is 2.31. The molecule has 2 heterocycles. The van der Waals surface area contributed by atoms with Crippen LogP contribution >= 0.6 is 11.6 Å². The average Bonchev–Trinajstić information content (AvgIpc) is 2.75. The molecular weight excluding hydrogens is 246 g/mol. The smallest absolute Gasteiger partial charge is 0.154 e. The minimum atomic E-state index is 0.666. The van der Waals surface area contributed by atoms with Crippen LogP contribution in [0.25, 0.3) is 33.0 Å². The van der Waals surface area contributed by atoms with Gasteiger partial charge in [0.05, 0.1) is 10.5 Å². The van der Waals surface area contributed by atoms with E-state index in [2.05, 4.69) is 4.98 Å². The van der Waals surface area contributed by atoms with Gasteiger partial charge in [-0.15, -0.1) is 0 Å². The van der Waals surface area contributed by atoms with Crippen LogP contribution < -0.4 is 0 Å². The summed E-state index contributed by atoms with van der Waals surface area (Å²) in [6.45, 7) is 0. The van der Waals surface area contributed by atoms with Crippen molar-refractivity contribution in [2.75, 3.05) is 0 Å². The predicted octanol–water partition coefficient (Wildman–Crippen LogP) is 4.79. The molecule has 4 rings (SSSR count). The van der Waals surface area contributed by atoms with Crippen molar-refractivity contribution in [3.8, 4) is 0 Å². The van der Waals surface area contributed by atoms with Crippen molar-refractivity contribution >= 4 is 44.6 Å². The Morgan fingerprint density at radius 2 is 1.78 bits per heavy atom. The molecule has 0 N–H and O–H groups in total. The van der Waals surface area contributed by atoms with E-state index in [4.69, 9.17) is 16.0 Å². The fourth-order valence-electron chi connectivity index (χ4n) is 2.28. The lowest BCUT2D eigenvalue weighted by molar-refractivity contribution is 0.669. The third-order valence-electron chi connectivity index (χ3n) is 3.12. The Labute approximate surface area is 108 Å². The van der Waals surface area contributed by atoms with Crippen LogP contribution in [0.4, 0.5) is 0 Å². The molecule has 0 saturated carbocycles. The van der Waals surface area contributed by atoms with Crippen LogP contribution in [0.1, 0.15) is 0 Å². The number of aromatic nitrogens is 1. The van der Waals surface area contributed by atoms with Gasteiger partial charge < -0.3 is 4.42 Å². The van der Waals surface area contributed by atoms with E-state index >= 15 is 0 Å². The van der Waals surface area contributed by atoms with E-state index in [9.17, 15) is 0 Å². The second-order valence-electron chi connectivity index (χ2n) is 4.24. The van der Waals surface area contributed by atoms with Crippen LogP contribution in [0.2, 0.25) is 5.02 Å². The molecule has 2 nitrogen and oxygen atoms in total. The first-order chi connectivity index (χ1) is 8.83. The number of furan rings is 1. The molecule has 4 aromatic rings. The molecule has 0 aliphatic carbocycles. The molecule has 0 bridgehead atoms. The second kappa shape index (κ2) is 3.47. The third kappa shape index (κ3) is 1.27. The summed E-state index contributed by atoms with van der Waals surface area (Å²) in [5, 5.41) is 2.68. The molecule has 0 fully saturated rings. The molecule has 0 aliphatic heterocycles. The lowest BCUT2D eigenvalue weighted by atomic mass is 10.2.